The predicted octanol–water partition coefficient (Wildman–Crippen LogP) is 7.46. The van der Waals surface area contributed by atoms with E-state index in [0.717, 1.165) is 18.8 Å². The van der Waals surface area contributed by atoms with Gasteiger partial charge in [-0.2, -0.15) is 0 Å². The van der Waals surface area contributed by atoms with Crippen LogP contribution in [0, 0.1) is 11.8 Å². The van der Waals surface area contributed by atoms with Gasteiger partial charge in [0.15, 0.2) is 6.29 Å². The summed E-state index contributed by atoms with van der Waals surface area (Å²) >= 11 is 0. The average molecular weight is 448 g/mol. The molecule has 0 aromatic heterocycles. The minimum atomic E-state index is -0.332. The first-order valence-electron chi connectivity index (χ1n) is 11.3. The molecule has 4 heteroatoms. The van der Waals surface area contributed by atoms with E-state index in [9.17, 15) is 0 Å². The molecule has 0 radical (unpaired) electrons. The van der Waals surface area contributed by atoms with Crippen LogP contribution in [0.25, 0.3) is 0 Å². The van der Waals surface area contributed by atoms with Crippen molar-refractivity contribution >= 4 is 12.4 Å². The summed E-state index contributed by atoms with van der Waals surface area (Å²) < 4.78 is 12.2. The van der Waals surface area contributed by atoms with Crippen LogP contribution >= 0.6 is 12.4 Å². The van der Waals surface area contributed by atoms with Gasteiger partial charge in [0.05, 0.1) is 6.10 Å². The number of hydrogen-bond acceptors (Lipinski definition) is 3. The van der Waals surface area contributed by atoms with E-state index in [0.29, 0.717) is 11.8 Å². The smallest absolute Gasteiger partial charge is 0.197 e. The minimum absolute atomic E-state index is 0. The van der Waals surface area contributed by atoms with E-state index in [1.807, 2.05) is 37.3 Å². The third-order valence-corrected chi connectivity index (χ3v) is 5.46. The molecule has 2 atom stereocenters. The maximum absolute atomic E-state index is 6.28. The Morgan fingerprint density at radius 1 is 0.774 bits per heavy atom. The van der Waals surface area contributed by atoms with E-state index in [1.54, 1.807) is 0 Å². The van der Waals surface area contributed by atoms with Crippen molar-refractivity contribution in [1.29, 1.82) is 0 Å². The summed E-state index contributed by atoms with van der Waals surface area (Å²) in [5.41, 5.74) is 2.46. The highest BCUT2D eigenvalue weighted by Gasteiger charge is 2.32. The lowest BCUT2D eigenvalue weighted by Crippen LogP contribution is -2.46. The van der Waals surface area contributed by atoms with Crippen LogP contribution in [0.3, 0.4) is 0 Å². The maximum Gasteiger partial charge on any atom is 0.197 e. The van der Waals surface area contributed by atoms with Gasteiger partial charge in [-0.15, -0.1) is 12.4 Å². The molecular weight excluding hydrogens is 406 g/mol. The quantitative estimate of drug-likeness (QED) is 0.333. The normalized spacial score (nSPS) is 13.9. The van der Waals surface area contributed by atoms with Crippen molar-refractivity contribution in [3.63, 3.8) is 0 Å². The summed E-state index contributed by atoms with van der Waals surface area (Å²) in [4.78, 5) is 2.62. The van der Waals surface area contributed by atoms with E-state index in [1.165, 1.54) is 11.1 Å². The Morgan fingerprint density at radius 2 is 1.29 bits per heavy atom. The Morgan fingerprint density at radius 3 is 1.84 bits per heavy atom. The highest BCUT2D eigenvalue weighted by atomic mass is 35.5. The first kappa shape index (κ1) is 27.5. The van der Waals surface area contributed by atoms with E-state index in [-0.39, 0.29) is 30.3 Å². The summed E-state index contributed by atoms with van der Waals surface area (Å²) in [5, 5.41) is 0. The van der Waals surface area contributed by atoms with Gasteiger partial charge in [0, 0.05) is 18.6 Å². The zero-order chi connectivity index (χ0) is 22.3. The molecule has 2 aromatic rings. The van der Waals surface area contributed by atoms with Gasteiger partial charge >= 0.3 is 0 Å². The molecule has 0 saturated carbocycles. The Bertz CT molecular complexity index is 751. The molecule has 0 N–H and O–H groups in total. The zero-order valence-electron chi connectivity index (χ0n) is 20.6. The van der Waals surface area contributed by atoms with Crippen LogP contribution in [0.4, 0.5) is 0 Å². The van der Waals surface area contributed by atoms with Crippen molar-refractivity contribution < 1.29 is 9.47 Å². The van der Waals surface area contributed by atoms with Crippen molar-refractivity contribution in [2.75, 3.05) is 13.1 Å². The third-order valence-electron chi connectivity index (χ3n) is 5.46. The van der Waals surface area contributed by atoms with Crippen molar-refractivity contribution in [3.8, 4) is 5.75 Å². The monoisotopic (exact) mass is 447 g/mol. The largest absolute Gasteiger partial charge is 0.465 e. The van der Waals surface area contributed by atoms with Crippen molar-refractivity contribution in [2.45, 2.75) is 73.3 Å². The van der Waals surface area contributed by atoms with Crippen LogP contribution in [0.1, 0.15) is 72.6 Å². The fraction of sp³-hybridized carbons (Fsp3) is 0.556. The van der Waals surface area contributed by atoms with E-state index >= 15 is 0 Å². The van der Waals surface area contributed by atoms with E-state index < -0.39 is 0 Å². The van der Waals surface area contributed by atoms with E-state index in [4.69, 9.17) is 9.47 Å². The number of rotatable bonds is 11. The molecule has 0 heterocycles. The molecule has 0 saturated heterocycles. The molecule has 0 fully saturated rings. The molecule has 0 bridgehead atoms. The van der Waals surface area contributed by atoms with Crippen LogP contribution in [0.5, 0.6) is 5.75 Å². The summed E-state index contributed by atoms with van der Waals surface area (Å²) in [7, 11) is 0. The van der Waals surface area contributed by atoms with Gasteiger partial charge in [-0.3, -0.25) is 4.90 Å². The third kappa shape index (κ3) is 8.14. The van der Waals surface area contributed by atoms with Crippen LogP contribution in [-0.2, 0) is 10.3 Å². The van der Waals surface area contributed by atoms with Gasteiger partial charge < -0.3 is 9.47 Å². The van der Waals surface area contributed by atoms with Gasteiger partial charge in [-0.1, -0.05) is 70.2 Å². The summed E-state index contributed by atoms with van der Waals surface area (Å²) in [6, 6.07) is 18.5. The highest BCUT2D eigenvalue weighted by molar-refractivity contribution is 5.85. The van der Waals surface area contributed by atoms with Crippen LogP contribution in [0.2, 0.25) is 0 Å². The molecule has 3 nitrogen and oxygen atoms in total. The lowest BCUT2D eigenvalue weighted by atomic mass is 9.85. The van der Waals surface area contributed by atoms with Gasteiger partial charge in [-0.25, -0.2) is 0 Å². The summed E-state index contributed by atoms with van der Waals surface area (Å²) in [6.45, 7) is 20.1. The molecule has 0 aliphatic carbocycles. The predicted molar refractivity (Wildman–Crippen MR) is 134 cm³/mol. The highest BCUT2D eigenvalue weighted by Crippen LogP contribution is 2.35. The molecular formula is C27H42ClNO2. The number of nitrogens with zero attached hydrogens (tertiary/aromatic N) is 1. The van der Waals surface area contributed by atoms with Crippen LogP contribution in [0.15, 0.2) is 54.6 Å². The lowest BCUT2D eigenvalue weighted by molar-refractivity contribution is -0.104. The second-order valence-electron chi connectivity index (χ2n) is 9.62. The van der Waals surface area contributed by atoms with Gasteiger partial charge in [0.1, 0.15) is 5.75 Å². The zero-order valence-corrected chi connectivity index (χ0v) is 21.4. The van der Waals surface area contributed by atoms with Crippen LogP contribution in [-0.4, -0.2) is 24.3 Å². The molecule has 0 aliphatic rings. The first-order valence-corrected chi connectivity index (χ1v) is 11.3. The average Bonchev–Trinajstić information content (AvgIpc) is 2.67. The molecule has 174 valence electrons. The number of ether oxygens (including phenoxy) is 2. The molecule has 2 unspecified atom stereocenters. The van der Waals surface area contributed by atoms with E-state index in [2.05, 4.69) is 77.6 Å². The fourth-order valence-electron chi connectivity index (χ4n) is 4.07. The second-order valence-corrected chi connectivity index (χ2v) is 9.62. The molecule has 2 rings (SSSR count). The van der Waals surface area contributed by atoms with Crippen molar-refractivity contribution in [1.82, 2.24) is 4.90 Å². The first-order chi connectivity index (χ1) is 14.1. The molecule has 0 spiro atoms. The molecule has 31 heavy (non-hydrogen) atoms. The SMILES string of the molecule is CC(C)CN(CC(C)C)C(C)(C)c1ccccc1C(C)OC(C)Oc1ccccc1.Cl. The maximum atomic E-state index is 6.28. The molecule has 0 amide bonds. The minimum Gasteiger partial charge on any atom is -0.465 e. The van der Waals surface area contributed by atoms with Crippen LogP contribution < -0.4 is 4.74 Å². The van der Waals surface area contributed by atoms with Gasteiger partial charge in [-0.05, 0) is 62.8 Å². The topological polar surface area (TPSA) is 21.7 Å². The fourth-order valence-corrected chi connectivity index (χ4v) is 4.07. The van der Waals surface area contributed by atoms with Crippen molar-refractivity contribution in [2.24, 2.45) is 11.8 Å². The number of hydrogen-bond donors (Lipinski definition) is 0. The number of halogens is 1. The molecule has 2 aromatic carbocycles. The Hall–Kier alpha value is -1.55. The van der Waals surface area contributed by atoms with Gasteiger partial charge in [0.25, 0.3) is 0 Å². The van der Waals surface area contributed by atoms with Gasteiger partial charge in [0.2, 0.25) is 0 Å². The van der Waals surface area contributed by atoms with Crippen molar-refractivity contribution in [3.05, 3.63) is 65.7 Å². The Kier molecular flexibility index (Phi) is 11.1. The Labute approximate surface area is 196 Å². The second kappa shape index (κ2) is 12.5. The number of benzene rings is 2. The molecule has 0 aliphatic heterocycles. The standard InChI is InChI=1S/C27H41NO2.ClH/c1-20(2)18-28(19-21(3)4)27(7,8)26-17-13-12-16-25(26)22(5)29-23(6)30-24-14-10-9-11-15-24;/h9-17,20-23H,18-19H2,1-8H3;1H. The summed E-state index contributed by atoms with van der Waals surface area (Å²) in [5.74, 6) is 2.05. The summed E-state index contributed by atoms with van der Waals surface area (Å²) in [6.07, 6.45) is -0.403. The Balaban J connectivity index is 0.00000480. The lowest BCUT2D eigenvalue weighted by Gasteiger charge is -2.42. The number of para-hydroxylation sites is 1.